The zero-order chi connectivity index (χ0) is 10.1. The molecule has 0 atom stereocenters. The zero-order valence-corrected chi connectivity index (χ0v) is 8.21. The van der Waals surface area contributed by atoms with Gasteiger partial charge >= 0.3 is 0 Å². The highest BCUT2D eigenvalue weighted by atomic mass is 32.1. The number of nitrogens with zero attached hydrogens (tertiary/aromatic N) is 1. The molecule has 14 heavy (non-hydrogen) atoms. The number of aliphatic hydroxyl groups excluding tert-OH is 1. The van der Waals surface area contributed by atoms with E-state index >= 15 is 0 Å². The second-order valence-electron chi connectivity index (χ2n) is 2.87. The minimum absolute atomic E-state index is 0.0369. The van der Waals surface area contributed by atoms with E-state index in [4.69, 9.17) is 10.8 Å². The number of aliphatic hydroxyl groups is 1. The number of hydrogen-bond acceptors (Lipinski definition) is 5. The highest BCUT2D eigenvalue weighted by molar-refractivity contribution is 7.20. The first-order valence-corrected chi connectivity index (χ1v) is 4.98. The van der Waals surface area contributed by atoms with E-state index in [2.05, 4.69) is 5.43 Å². The minimum Gasteiger partial charge on any atom is -0.499 e. The lowest BCUT2D eigenvalue weighted by Crippen LogP contribution is -2.19. The van der Waals surface area contributed by atoms with E-state index in [9.17, 15) is 5.11 Å². The van der Waals surface area contributed by atoms with E-state index in [1.54, 1.807) is 16.8 Å². The Morgan fingerprint density at radius 1 is 1.50 bits per heavy atom. The van der Waals surface area contributed by atoms with Gasteiger partial charge in [0.2, 0.25) is 0 Å². The molecule has 0 saturated heterocycles. The van der Waals surface area contributed by atoms with Gasteiger partial charge in [0.15, 0.2) is 5.06 Å². The monoisotopic (exact) mass is 213 g/mol. The fourth-order valence-corrected chi connectivity index (χ4v) is 2.17. The fraction of sp³-hybridized carbons (Fsp3) is 0.250. The van der Waals surface area contributed by atoms with Crippen LogP contribution in [0.5, 0.6) is 5.06 Å². The molecule has 0 radical (unpaired) electrons. The number of anilines is 1. The van der Waals surface area contributed by atoms with Crippen molar-refractivity contribution in [3.8, 4) is 5.06 Å². The van der Waals surface area contributed by atoms with Gasteiger partial charge in [0.25, 0.3) is 0 Å². The van der Waals surface area contributed by atoms with Gasteiger partial charge in [-0.05, 0) is 6.07 Å². The SMILES string of the molecule is Nc1cc2sc(O)cc2n1NCCO. The molecule has 5 nitrogen and oxygen atoms in total. The molecule has 0 aliphatic rings. The standard InChI is InChI=1S/C8H11N3O2S/c9-7-4-6-5(3-8(13)14-6)11(7)10-1-2-12/h3-4,10,12-13H,1-2,9H2. The van der Waals surface area contributed by atoms with Crippen molar-refractivity contribution in [1.82, 2.24) is 4.68 Å². The number of nitrogens with two attached hydrogens (primary N) is 1. The number of fused-ring (bicyclic) bond motifs is 1. The van der Waals surface area contributed by atoms with Gasteiger partial charge in [-0.1, -0.05) is 11.3 Å². The number of rotatable bonds is 3. The van der Waals surface area contributed by atoms with E-state index in [1.807, 2.05) is 0 Å². The Labute approximate surface area is 84.4 Å². The summed E-state index contributed by atoms with van der Waals surface area (Å²) in [5.74, 6) is 0.569. The van der Waals surface area contributed by atoms with Crippen molar-refractivity contribution in [2.75, 3.05) is 24.3 Å². The number of nitrogen functional groups attached to an aromatic ring is 1. The number of thiophene rings is 1. The van der Waals surface area contributed by atoms with Crippen LogP contribution < -0.4 is 11.2 Å². The third-order valence-corrected chi connectivity index (χ3v) is 2.76. The predicted molar refractivity (Wildman–Crippen MR) is 57.2 cm³/mol. The predicted octanol–water partition coefficient (Wildman–Crippen LogP) is 0.526. The summed E-state index contributed by atoms with van der Waals surface area (Å²) in [6.45, 7) is 0.458. The third kappa shape index (κ3) is 1.38. The molecule has 0 spiro atoms. The zero-order valence-electron chi connectivity index (χ0n) is 7.40. The second kappa shape index (κ2) is 3.39. The van der Waals surface area contributed by atoms with E-state index < -0.39 is 0 Å². The molecule has 0 aliphatic heterocycles. The summed E-state index contributed by atoms with van der Waals surface area (Å²) in [6.07, 6.45) is 0. The molecular weight excluding hydrogens is 202 g/mol. The maximum absolute atomic E-state index is 9.27. The fourth-order valence-electron chi connectivity index (χ4n) is 1.34. The second-order valence-corrected chi connectivity index (χ2v) is 3.93. The van der Waals surface area contributed by atoms with E-state index in [0.29, 0.717) is 12.4 Å². The number of hydrogen-bond donors (Lipinski definition) is 4. The summed E-state index contributed by atoms with van der Waals surface area (Å²) in [7, 11) is 0. The molecule has 0 bridgehead atoms. The molecule has 6 heteroatoms. The molecule has 2 aromatic rings. The summed E-state index contributed by atoms with van der Waals surface area (Å²) in [6, 6.07) is 3.42. The van der Waals surface area contributed by atoms with Crippen LogP contribution in [0.3, 0.4) is 0 Å². The van der Waals surface area contributed by atoms with E-state index in [1.165, 1.54) is 11.3 Å². The smallest absolute Gasteiger partial charge is 0.173 e. The quantitative estimate of drug-likeness (QED) is 0.599. The lowest BCUT2D eigenvalue weighted by molar-refractivity contribution is 0.307. The van der Waals surface area contributed by atoms with Crippen molar-refractivity contribution in [3.05, 3.63) is 12.1 Å². The van der Waals surface area contributed by atoms with Crippen LogP contribution in [0.1, 0.15) is 0 Å². The Morgan fingerprint density at radius 2 is 2.29 bits per heavy atom. The Bertz CT molecular complexity index is 449. The number of aromatic nitrogens is 1. The molecule has 0 saturated carbocycles. The van der Waals surface area contributed by atoms with Crippen LogP contribution in [0.25, 0.3) is 10.2 Å². The van der Waals surface area contributed by atoms with Gasteiger partial charge in [0.1, 0.15) is 5.82 Å². The Morgan fingerprint density at radius 3 is 3.00 bits per heavy atom. The Hall–Kier alpha value is -1.40. The molecule has 2 heterocycles. The van der Waals surface area contributed by atoms with Crippen LogP contribution in [-0.2, 0) is 0 Å². The largest absolute Gasteiger partial charge is 0.499 e. The lowest BCUT2D eigenvalue weighted by Gasteiger charge is -2.08. The minimum atomic E-state index is 0.0369. The van der Waals surface area contributed by atoms with Gasteiger partial charge in [-0.2, -0.15) is 0 Å². The number of aromatic hydroxyl groups is 1. The van der Waals surface area contributed by atoms with Crippen molar-refractivity contribution in [2.24, 2.45) is 0 Å². The van der Waals surface area contributed by atoms with Crippen LogP contribution in [0.4, 0.5) is 5.82 Å². The highest BCUT2D eigenvalue weighted by Gasteiger charge is 2.09. The topological polar surface area (TPSA) is 83.4 Å². The molecule has 0 unspecified atom stereocenters. The molecule has 0 aliphatic carbocycles. The average molecular weight is 213 g/mol. The van der Waals surface area contributed by atoms with Crippen LogP contribution in [0.2, 0.25) is 0 Å². The van der Waals surface area contributed by atoms with Crippen molar-refractivity contribution >= 4 is 27.4 Å². The normalized spacial score (nSPS) is 10.9. The molecule has 0 aromatic carbocycles. The van der Waals surface area contributed by atoms with Gasteiger partial charge < -0.3 is 21.4 Å². The Balaban J connectivity index is 2.43. The average Bonchev–Trinajstić information content (AvgIpc) is 2.58. The van der Waals surface area contributed by atoms with Crippen LogP contribution in [0.15, 0.2) is 12.1 Å². The molecular formula is C8H11N3O2S. The first-order chi connectivity index (χ1) is 6.72. The molecule has 0 amide bonds. The summed E-state index contributed by atoms with van der Waals surface area (Å²) >= 11 is 1.27. The summed E-state index contributed by atoms with van der Waals surface area (Å²) in [5.41, 5.74) is 9.50. The number of nitrogens with one attached hydrogen (secondary N) is 1. The van der Waals surface area contributed by atoms with Crippen molar-refractivity contribution in [1.29, 1.82) is 0 Å². The van der Waals surface area contributed by atoms with Crippen molar-refractivity contribution in [3.63, 3.8) is 0 Å². The van der Waals surface area contributed by atoms with Gasteiger partial charge in [0, 0.05) is 6.07 Å². The summed E-state index contributed by atoms with van der Waals surface area (Å²) < 4.78 is 2.58. The molecule has 2 aromatic heterocycles. The van der Waals surface area contributed by atoms with Crippen LogP contribution in [0, 0.1) is 0 Å². The van der Waals surface area contributed by atoms with Crippen LogP contribution in [-0.4, -0.2) is 28.0 Å². The molecule has 2 rings (SSSR count). The maximum Gasteiger partial charge on any atom is 0.173 e. The van der Waals surface area contributed by atoms with Gasteiger partial charge in [0.05, 0.1) is 23.4 Å². The maximum atomic E-state index is 9.27. The van der Waals surface area contributed by atoms with Gasteiger partial charge in [-0.15, -0.1) is 0 Å². The highest BCUT2D eigenvalue weighted by Crippen LogP contribution is 2.33. The third-order valence-electron chi connectivity index (χ3n) is 1.89. The summed E-state index contributed by atoms with van der Waals surface area (Å²) in [5, 5.41) is 18.2. The summed E-state index contributed by atoms with van der Waals surface area (Å²) in [4.78, 5) is 0. The first kappa shape index (κ1) is 9.17. The van der Waals surface area contributed by atoms with Crippen molar-refractivity contribution < 1.29 is 10.2 Å². The van der Waals surface area contributed by atoms with E-state index in [0.717, 1.165) is 10.2 Å². The van der Waals surface area contributed by atoms with E-state index in [-0.39, 0.29) is 11.7 Å². The molecule has 76 valence electrons. The first-order valence-electron chi connectivity index (χ1n) is 4.17. The Kier molecular flexibility index (Phi) is 2.22. The van der Waals surface area contributed by atoms with Crippen LogP contribution >= 0.6 is 11.3 Å². The van der Waals surface area contributed by atoms with Crippen molar-refractivity contribution in [2.45, 2.75) is 0 Å². The van der Waals surface area contributed by atoms with Gasteiger partial charge in [-0.25, -0.2) is 4.68 Å². The molecule has 0 fully saturated rings. The molecule has 5 N–H and O–H groups in total. The lowest BCUT2D eigenvalue weighted by atomic mass is 10.5. The van der Waals surface area contributed by atoms with Gasteiger partial charge in [-0.3, -0.25) is 0 Å².